The van der Waals surface area contributed by atoms with Crippen LogP contribution in [0.15, 0.2) is 33.7 Å². The molecule has 0 radical (unpaired) electrons. The van der Waals surface area contributed by atoms with Crippen molar-refractivity contribution in [2.45, 2.75) is 44.9 Å². The number of hydrogen-bond donors (Lipinski definition) is 1. The van der Waals surface area contributed by atoms with E-state index in [9.17, 15) is 9.59 Å². The van der Waals surface area contributed by atoms with Crippen LogP contribution in [0.1, 0.15) is 31.7 Å². The SMILES string of the molecule is CCCCCN1C(N2CCN(Cc3ccc(Br)cc3)CC2)=NC2C1C(=O)NC(=O)N2C. The Kier molecular flexibility index (Phi) is 6.81. The molecule has 3 aliphatic rings. The zero-order chi connectivity index (χ0) is 22.0. The molecule has 0 saturated carbocycles. The van der Waals surface area contributed by atoms with Gasteiger partial charge >= 0.3 is 6.03 Å². The molecule has 1 aromatic carbocycles. The molecule has 0 aliphatic carbocycles. The molecule has 0 spiro atoms. The van der Waals surface area contributed by atoms with E-state index < -0.39 is 12.2 Å². The Bertz CT molecular complexity index is 837. The number of nitrogens with zero attached hydrogens (tertiary/aromatic N) is 5. The molecule has 9 heteroatoms. The maximum atomic E-state index is 12.7. The molecule has 31 heavy (non-hydrogen) atoms. The quantitative estimate of drug-likeness (QED) is 0.619. The number of amides is 3. The predicted octanol–water partition coefficient (Wildman–Crippen LogP) is 2.30. The number of urea groups is 1. The Balaban J connectivity index is 1.44. The molecule has 0 bridgehead atoms. The number of guanidine groups is 1. The van der Waals surface area contributed by atoms with Gasteiger partial charge in [-0.2, -0.15) is 0 Å². The van der Waals surface area contributed by atoms with E-state index in [1.165, 1.54) is 5.56 Å². The average molecular weight is 491 g/mol. The van der Waals surface area contributed by atoms with Gasteiger partial charge in [0.1, 0.15) is 0 Å². The maximum absolute atomic E-state index is 12.7. The summed E-state index contributed by atoms with van der Waals surface area (Å²) in [5, 5.41) is 2.49. The normalized spacial score (nSPS) is 24.4. The van der Waals surface area contributed by atoms with Crippen molar-refractivity contribution in [2.24, 2.45) is 4.99 Å². The lowest BCUT2D eigenvalue weighted by Gasteiger charge is -2.40. The minimum Gasteiger partial charge on any atom is -0.340 e. The number of unbranched alkanes of at least 4 members (excludes halogenated alkanes) is 2. The maximum Gasteiger partial charge on any atom is 0.325 e. The minimum absolute atomic E-state index is 0.239. The molecule has 1 N–H and O–H groups in total. The molecule has 3 aliphatic heterocycles. The summed E-state index contributed by atoms with van der Waals surface area (Å²) in [7, 11) is 1.71. The van der Waals surface area contributed by atoms with E-state index in [0.29, 0.717) is 0 Å². The first-order chi connectivity index (χ1) is 15.0. The highest BCUT2D eigenvalue weighted by Gasteiger charge is 2.49. The molecule has 3 amide bonds. The number of rotatable bonds is 6. The Morgan fingerprint density at radius 2 is 1.81 bits per heavy atom. The predicted molar refractivity (Wildman–Crippen MR) is 124 cm³/mol. The Hall–Kier alpha value is -2.13. The van der Waals surface area contributed by atoms with Gasteiger partial charge < -0.3 is 14.7 Å². The Labute approximate surface area is 192 Å². The van der Waals surface area contributed by atoms with Crippen molar-refractivity contribution in [2.75, 3.05) is 39.8 Å². The fourth-order valence-corrected chi connectivity index (χ4v) is 4.76. The molecular formula is C22H31BrN6O2. The number of piperazine rings is 1. The third-order valence-electron chi connectivity index (χ3n) is 6.32. The average Bonchev–Trinajstić information content (AvgIpc) is 3.15. The summed E-state index contributed by atoms with van der Waals surface area (Å²) in [6.45, 7) is 7.48. The van der Waals surface area contributed by atoms with E-state index in [-0.39, 0.29) is 11.9 Å². The second-order valence-electron chi connectivity index (χ2n) is 8.48. The first kappa shape index (κ1) is 22.1. The zero-order valence-corrected chi connectivity index (χ0v) is 19.8. The van der Waals surface area contributed by atoms with E-state index >= 15 is 0 Å². The topological polar surface area (TPSA) is 71.5 Å². The van der Waals surface area contributed by atoms with Crippen LogP contribution in [0, 0.1) is 0 Å². The van der Waals surface area contributed by atoms with E-state index in [1.807, 2.05) is 0 Å². The second kappa shape index (κ2) is 9.56. The number of fused-ring (bicyclic) bond motifs is 1. The Morgan fingerprint density at radius 3 is 2.48 bits per heavy atom. The molecule has 4 rings (SSSR count). The summed E-state index contributed by atoms with van der Waals surface area (Å²) in [5.41, 5.74) is 1.30. The molecular weight excluding hydrogens is 460 g/mol. The summed E-state index contributed by atoms with van der Waals surface area (Å²) < 4.78 is 1.09. The number of imide groups is 1. The molecule has 1 aromatic rings. The van der Waals surface area contributed by atoms with E-state index in [1.54, 1.807) is 11.9 Å². The summed E-state index contributed by atoms with van der Waals surface area (Å²) >= 11 is 3.49. The van der Waals surface area contributed by atoms with Crippen molar-refractivity contribution in [3.63, 3.8) is 0 Å². The highest BCUT2D eigenvalue weighted by Crippen LogP contribution is 2.26. The van der Waals surface area contributed by atoms with Crippen LogP contribution >= 0.6 is 15.9 Å². The standard InChI is InChI=1S/C22H31BrN6O2/c1-3-4-5-10-29-18-19(26(2)22(31)25-20(18)30)24-21(29)28-13-11-27(12-14-28)15-16-6-8-17(23)9-7-16/h6-9,18-19H,3-5,10-15H2,1-2H3,(H,25,30,31). The van der Waals surface area contributed by atoms with Gasteiger partial charge in [-0.3, -0.25) is 15.0 Å². The van der Waals surface area contributed by atoms with Gasteiger partial charge in [0.05, 0.1) is 0 Å². The van der Waals surface area contributed by atoms with Crippen LogP contribution in [0.2, 0.25) is 0 Å². The van der Waals surface area contributed by atoms with Crippen LogP contribution in [0.25, 0.3) is 0 Å². The lowest BCUT2D eigenvalue weighted by atomic mass is 10.1. The van der Waals surface area contributed by atoms with Crippen molar-refractivity contribution >= 4 is 33.8 Å². The van der Waals surface area contributed by atoms with Gasteiger partial charge in [-0.25, -0.2) is 9.79 Å². The monoisotopic (exact) mass is 490 g/mol. The highest BCUT2D eigenvalue weighted by atomic mass is 79.9. The molecule has 2 saturated heterocycles. The first-order valence-electron chi connectivity index (χ1n) is 11.1. The molecule has 0 aromatic heterocycles. The van der Waals surface area contributed by atoms with E-state index in [4.69, 9.17) is 4.99 Å². The largest absolute Gasteiger partial charge is 0.340 e. The number of likely N-dealkylation sites (N-methyl/N-ethyl adjacent to an activating group) is 1. The van der Waals surface area contributed by atoms with Gasteiger partial charge in [0.15, 0.2) is 18.2 Å². The molecule has 2 fully saturated rings. The summed E-state index contributed by atoms with van der Waals surface area (Å²) in [4.78, 5) is 38.1. The van der Waals surface area contributed by atoms with Crippen molar-refractivity contribution < 1.29 is 9.59 Å². The van der Waals surface area contributed by atoms with Gasteiger partial charge in [0.25, 0.3) is 5.91 Å². The molecule has 2 unspecified atom stereocenters. The van der Waals surface area contributed by atoms with Gasteiger partial charge in [0, 0.05) is 50.8 Å². The molecule has 3 heterocycles. The van der Waals surface area contributed by atoms with Gasteiger partial charge in [-0.15, -0.1) is 0 Å². The summed E-state index contributed by atoms with van der Waals surface area (Å²) in [5.74, 6) is 0.628. The van der Waals surface area contributed by atoms with Crippen LogP contribution in [0.5, 0.6) is 0 Å². The van der Waals surface area contributed by atoms with Crippen molar-refractivity contribution in [3.8, 4) is 0 Å². The second-order valence-corrected chi connectivity index (χ2v) is 9.40. The number of nitrogens with one attached hydrogen (secondary N) is 1. The van der Waals surface area contributed by atoms with Gasteiger partial charge in [0.2, 0.25) is 0 Å². The zero-order valence-electron chi connectivity index (χ0n) is 18.3. The number of aliphatic imine (C=N–C) groups is 1. The summed E-state index contributed by atoms with van der Waals surface area (Å²) in [6, 6.07) is 7.67. The fourth-order valence-electron chi connectivity index (χ4n) is 4.50. The third-order valence-corrected chi connectivity index (χ3v) is 6.84. The number of carbonyl (C=O) groups is 2. The van der Waals surface area contributed by atoms with Crippen LogP contribution < -0.4 is 5.32 Å². The third kappa shape index (κ3) is 4.72. The lowest BCUT2D eigenvalue weighted by molar-refractivity contribution is -0.127. The first-order valence-corrected chi connectivity index (χ1v) is 11.9. The van der Waals surface area contributed by atoms with E-state index in [0.717, 1.165) is 69.0 Å². The number of hydrogen-bond acceptors (Lipinski definition) is 6. The van der Waals surface area contributed by atoms with Gasteiger partial charge in [-0.05, 0) is 24.1 Å². The smallest absolute Gasteiger partial charge is 0.325 e. The van der Waals surface area contributed by atoms with Crippen LogP contribution in [-0.4, -0.2) is 89.5 Å². The number of halogens is 1. The van der Waals surface area contributed by atoms with Crippen molar-refractivity contribution in [1.82, 2.24) is 24.9 Å². The lowest BCUT2D eigenvalue weighted by Crippen LogP contribution is -2.64. The highest BCUT2D eigenvalue weighted by molar-refractivity contribution is 9.10. The fraction of sp³-hybridized carbons (Fsp3) is 0.591. The van der Waals surface area contributed by atoms with Crippen molar-refractivity contribution in [1.29, 1.82) is 0 Å². The minimum atomic E-state index is -0.446. The number of benzene rings is 1. The van der Waals surface area contributed by atoms with Gasteiger partial charge in [-0.1, -0.05) is 47.8 Å². The Morgan fingerprint density at radius 1 is 1.10 bits per heavy atom. The molecule has 8 nitrogen and oxygen atoms in total. The van der Waals surface area contributed by atoms with E-state index in [2.05, 4.69) is 67.1 Å². The van der Waals surface area contributed by atoms with Crippen molar-refractivity contribution in [3.05, 3.63) is 34.3 Å². The summed E-state index contributed by atoms with van der Waals surface area (Å²) in [6.07, 6.45) is 2.79. The number of carbonyl (C=O) groups excluding carboxylic acids is 2. The van der Waals surface area contributed by atoms with Crippen LogP contribution in [-0.2, 0) is 11.3 Å². The van der Waals surface area contributed by atoms with Crippen LogP contribution in [0.3, 0.4) is 0 Å². The van der Waals surface area contributed by atoms with Crippen LogP contribution in [0.4, 0.5) is 4.79 Å². The molecule has 168 valence electrons. The molecule has 2 atom stereocenters.